The maximum atomic E-state index is 13.1. The molecular weight excluding hydrogens is 364 g/mol. The van der Waals surface area contributed by atoms with Crippen molar-refractivity contribution >= 4 is 26.6 Å². The normalized spacial score (nSPS) is 11.6. The molecule has 0 spiro atoms. The molecule has 3 aromatic rings. The van der Waals surface area contributed by atoms with Crippen LogP contribution in [-0.4, -0.2) is 39.2 Å². The molecule has 0 aliphatic carbocycles. The van der Waals surface area contributed by atoms with Crippen LogP contribution < -0.4 is 5.32 Å². The number of ether oxygens (including phenoxy) is 1. The van der Waals surface area contributed by atoms with Gasteiger partial charge in [0.25, 0.3) is 0 Å². The first-order chi connectivity index (χ1) is 13.0. The molecule has 0 fully saturated rings. The van der Waals surface area contributed by atoms with Crippen molar-refractivity contribution in [1.82, 2.24) is 9.88 Å². The number of para-hydroxylation sites is 1. The molecule has 1 amide bonds. The fraction of sp³-hybridized carbons (Fsp3) is 0.250. The zero-order valence-corrected chi connectivity index (χ0v) is 15.9. The summed E-state index contributed by atoms with van der Waals surface area (Å²) < 4.78 is 32.8. The summed E-state index contributed by atoms with van der Waals surface area (Å²) in [6.07, 6.45) is 2.27. The number of carbonyl (C=O) groups excluding carboxylic acids is 1. The Morgan fingerprint density at radius 2 is 1.78 bits per heavy atom. The lowest BCUT2D eigenvalue weighted by atomic mass is 10.2. The Morgan fingerprint density at radius 1 is 1.07 bits per heavy atom. The minimum Gasteiger partial charge on any atom is -0.385 e. The van der Waals surface area contributed by atoms with Crippen LogP contribution in [0.25, 0.3) is 10.9 Å². The summed E-state index contributed by atoms with van der Waals surface area (Å²) in [5, 5.41) is 3.43. The first-order valence-corrected chi connectivity index (χ1v) is 10.2. The highest BCUT2D eigenvalue weighted by atomic mass is 32.2. The highest BCUT2D eigenvalue weighted by molar-refractivity contribution is 7.91. The fourth-order valence-corrected chi connectivity index (χ4v) is 4.44. The number of amides is 1. The van der Waals surface area contributed by atoms with Crippen LogP contribution in [0.15, 0.2) is 70.6 Å². The van der Waals surface area contributed by atoms with Crippen LogP contribution in [0, 0.1) is 0 Å². The van der Waals surface area contributed by atoms with Gasteiger partial charge in [-0.25, -0.2) is 8.42 Å². The zero-order chi connectivity index (χ0) is 19.3. The third-order valence-electron chi connectivity index (χ3n) is 4.26. The summed E-state index contributed by atoms with van der Waals surface area (Å²) in [5.41, 5.74) is 0.707. The van der Waals surface area contributed by atoms with Gasteiger partial charge in [-0.15, -0.1) is 0 Å². The van der Waals surface area contributed by atoms with Gasteiger partial charge in [0.05, 0.1) is 9.79 Å². The highest BCUT2D eigenvalue weighted by Gasteiger charge is 2.23. The Hall–Kier alpha value is -2.64. The topological polar surface area (TPSA) is 77.4 Å². The van der Waals surface area contributed by atoms with E-state index in [2.05, 4.69) is 5.32 Å². The van der Waals surface area contributed by atoms with E-state index in [1.807, 2.05) is 12.1 Å². The Kier molecular flexibility index (Phi) is 5.93. The molecule has 7 heteroatoms. The van der Waals surface area contributed by atoms with Gasteiger partial charge in [0.1, 0.15) is 6.54 Å². The summed E-state index contributed by atoms with van der Waals surface area (Å²) in [4.78, 5) is 12.7. The van der Waals surface area contributed by atoms with E-state index >= 15 is 0 Å². The molecule has 0 atom stereocenters. The number of benzene rings is 2. The molecule has 0 unspecified atom stereocenters. The fourth-order valence-electron chi connectivity index (χ4n) is 2.94. The van der Waals surface area contributed by atoms with Gasteiger partial charge in [-0.05, 0) is 24.6 Å². The van der Waals surface area contributed by atoms with Crippen molar-refractivity contribution in [1.29, 1.82) is 0 Å². The molecule has 1 heterocycles. The van der Waals surface area contributed by atoms with Crippen LogP contribution in [0.2, 0.25) is 0 Å². The van der Waals surface area contributed by atoms with Gasteiger partial charge in [0.15, 0.2) is 0 Å². The van der Waals surface area contributed by atoms with Crippen molar-refractivity contribution in [2.45, 2.75) is 22.8 Å². The van der Waals surface area contributed by atoms with Crippen LogP contribution in [0.1, 0.15) is 6.42 Å². The Bertz CT molecular complexity index is 1030. The van der Waals surface area contributed by atoms with Gasteiger partial charge in [0.2, 0.25) is 15.7 Å². The van der Waals surface area contributed by atoms with Crippen molar-refractivity contribution in [2.75, 3.05) is 20.3 Å². The van der Waals surface area contributed by atoms with Gasteiger partial charge in [-0.1, -0.05) is 36.4 Å². The molecule has 0 aliphatic heterocycles. The number of rotatable bonds is 8. The predicted octanol–water partition coefficient (Wildman–Crippen LogP) is 2.63. The van der Waals surface area contributed by atoms with Gasteiger partial charge in [0, 0.05) is 37.4 Å². The largest absolute Gasteiger partial charge is 0.385 e. The standard InChI is InChI=1S/C20H22N2O4S/c1-26-13-7-12-21-20(23)15-22-14-19(17-10-5-6-11-18(17)22)27(24,25)16-8-3-2-4-9-16/h2-6,8-11,14H,7,12-13,15H2,1H3,(H,21,23). The number of nitrogens with one attached hydrogen (secondary N) is 1. The number of hydrogen-bond donors (Lipinski definition) is 1. The average Bonchev–Trinajstić information content (AvgIpc) is 3.05. The smallest absolute Gasteiger partial charge is 0.239 e. The second-order valence-corrected chi connectivity index (χ2v) is 8.07. The lowest BCUT2D eigenvalue weighted by molar-refractivity contribution is -0.121. The molecule has 3 rings (SSSR count). The van der Waals surface area contributed by atoms with Crippen molar-refractivity contribution in [3.63, 3.8) is 0 Å². The third-order valence-corrected chi connectivity index (χ3v) is 6.05. The molecule has 142 valence electrons. The Morgan fingerprint density at radius 3 is 2.52 bits per heavy atom. The van der Waals surface area contributed by atoms with Gasteiger partial charge < -0.3 is 14.6 Å². The maximum absolute atomic E-state index is 13.1. The number of aromatic nitrogens is 1. The molecule has 1 N–H and O–H groups in total. The van der Waals surface area contributed by atoms with Crippen molar-refractivity contribution < 1.29 is 17.9 Å². The first kappa shape index (κ1) is 19.1. The van der Waals surface area contributed by atoms with Crippen LogP contribution in [0.3, 0.4) is 0 Å². The van der Waals surface area contributed by atoms with Crippen LogP contribution in [0.4, 0.5) is 0 Å². The van der Waals surface area contributed by atoms with E-state index in [4.69, 9.17) is 4.74 Å². The molecule has 0 radical (unpaired) electrons. The summed E-state index contributed by atoms with van der Waals surface area (Å²) >= 11 is 0. The Labute approximate surface area is 158 Å². The highest BCUT2D eigenvalue weighted by Crippen LogP contribution is 2.30. The second kappa shape index (κ2) is 8.37. The van der Waals surface area contributed by atoms with Crippen LogP contribution in [-0.2, 0) is 25.9 Å². The monoisotopic (exact) mass is 386 g/mol. The Balaban J connectivity index is 1.92. The van der Waals surface area contributed by atoms with E-state index in [1.54, 1.807) is 60.3 Å². The molecule has 0 bridgehead atoms. The van der Waals surface area contributed by atoms with Crippen LogP contribution in [0.5, 0.6) is 0 Å². The number of fused-ring (bicyclic) bond motifs is 1. The lowest BCUT2D eigenvalue weighted by Gasteiger charge is -2.07. The van der Waals surface area contributed by atoms with Crippen molar-refractivity contribution in [3.05, 3.63) is 60.8 Å². The minimum absolute atomic E-state index is 0.0534. The summed E-state index contributed by atoms with van der Waals surface area (Å²) in [7, 11) is -2.06. The summed E-state index contributed by atoms with van der Waals surface area (Å²) in [5.74, 6) is -0.171. The summed E-state index contributed by atoms with van der Waals surface area (Å²) in [6.45, 7) is 1.14. The molecule has 0 aliphatic rings. The van der Waals surface area contributed by atoms with Gasteiger partial charge >= 0.3 is 0 Å². The van der Waals surface area contributed by atoms with E-state index in [1.165, 1.54) is 0 Å². The summed E-state index contributed by atoms with van der Waals surface area (Å²) in [6, 6.07) is 15.5. The molecule has 2 aromatic carbocycles. The molecule has 6 nitrogen and oxygen atoms in total. The number of carbonyl (C=O) groups is 1. The molecule has 1 aromatic heterocycles. The maximum Gasteiger partial charge on any atom is 0.239 e. The van der Waals surface area contributed by atoms with E-state index in [9.17, 15) is 13.2 Å². The second-order valence-electron chi connectivity index (χ2n) is 6.15. The van der Waals surface area contributed by atoms with Crippen molar-refractivity contribution in [3.8, 4) is 0 Å². The predicted molar refractivity (Wildman–Crippen MR) is 103 cm³/mol. The number of hydrogen-bond acceptors (Lipinski definition) is 4. The van der Waals surface area contributed by atoms with Crippen LogP contribution >= 0.6 is 0 Å². The van der Waals surface area contributed by atoms with E-state index in [0.717, 1.165) is 6.42 Å². The quantitative estimate of drug-likeness (QED) is 0.604. The number of nitrogens with zero attached hydrogens (tertiary/aromatic N) is 1. The number of methoxy groups -OCH3 is 1. The molecule has 27 heavy (non-hydrogen) atoms. The van der Waals surface area contributed by atoms with Crippen molar-refractivity contribution in [2.24, 2.45) is 0 Å². The molecular formula is C20H22N2O4S. The first-order valence-electron chi connectivity index (χ1n) is 8.67. The third kappa shape index (κ3) is 4.20. The van der Waals surface area contributed by atoms with Gasteiger partial charge in [-0.2, -0.15) is 0 Å². The molecule has 0 saturated heterocycles. The zero-order valence-electron chi connectivity index (χ0n) is 15.1. The lowest BCUT2D eigenvalue weighted by Crippen LogP contribution is -2.28. The SMILES string of the molecule is COCCCNC(=O)Cn1cc(S(=O)(=O)c2ccccc2)c2ccccc21. The number of sulfone groups is 1. The van der Waals surface area contributed by atoms with Gasteiger partial charge in [-0.3, -0.25) is 4.79 Å². The average molecular weight is 386 g/mol. The van der Waals surface area contributed by atoms with E-state index in [0.29, 0.717) is 24.1 Å². The minimum atomic E-state index is -3.67. The van der Waals surface area contributed by atoms with E-state index in [-0.39, 0.29) is 22.2 Å². The van der Waals surface area contributed by atoms with E-state index < -0.39 is 9.84 Å². The molecule has 0 saturated carbocycles.